The Bertz CT molecular complexity index is 191. The normalized spacial score (nSPS) is 16.4. The molecular weight excluding hydrogens is 119 g/mol. The van der Waals surface area contributed by atoms with E-state index >= 15 is 0 Å². The van der Waals surface area contributed by atoms with E-state index < -0.39 is 0 Å². The molecule has 1 aliphatic carbocycles. The molecule has 1 rings (SSSR count). The zero-order valence-corrected chi connectivity index (χ0v) is 6.35. The molecule has 0 saturated carbocycles. The van der Waals surface area contributed by atoms with Gasteiger partial charge in [0.25, 0.3) is 0 Å². The topological polar surface area (TPSA) is 23.1 Å². The molecule has 1 nitrogen and oxygen atoms in total. The van der Waals surface area contributed by atoms with Crippen molar-refractivity contribution >= 4 is 0 Å². The molecule has 0 N–H and O–H groups in total. The van der Waals surface area contributed by atoms with Crippen LogP contribution in [-0.4, -0.2) is 0 Å². The van der Waals surface area contributed by atoms with Gasteiger partial charge in [0.15, 0.2) is 0 Å². The van der Waals surface area contributed by atoms with E-state index in [0.29, 0.717) is 5.57 Å². The first-order valence-corrected chi connectivity index (χ1v) is 2.80. The third kappa shape index (κ3) is 1.81. The van der Waals surface area contributed by atoms with Crippen molar-refractivity contribution in [2.24, 2.45) is 0 Å². The summed E-state index contributed by atoms with van der Waals surface area (Å²) in [4.78, 5) is 0. The SMILES string of the molecule is C=C1C=CC=C(C)[C+]1[O-].[Li+]. The van der Waals surface area contributed by atoms with Gasteiger partial charge in [0.05, 0.1) is 5.57 Å². The Hall–Kier alpha value is -0.353. The van der Waals surface area contributed by atoms with E-state index in [0.717, 1.165) is 5.57 Å². The van der Waals surface area contributed by atoms with E-state index in [1.807, 2.05) is 6.08 Å². The number of hydrogen-bond donors (Lipinski definition) is 0. The third-order valence-corrected chi connectivity index (χ3v) is 1.29. The van der Waals surface area contributed by atoms with Crippen LogP contribution in [0.5, 0.6) is 0 Å². The smallest absolute Gasteiger partial charge is 0.778 e. The molecule has 0 aromatic rings. The van der Waals surface area contributed by atoms with Gasteiger partial charge in [-0.05, 0) is 19.6 Å². The van der Waals surface area contributed by atoms with Gasteiger partial charge < -0.3 is 5.11 Å². The molecular formula is C8H8LiO+. The van der Waals surface area contributed by atoms with Gasteiger partial charge in [-0.3, -0.25) is 0 Å². The van der Waals surface area contributed by atoms with E-state index in [-0.39, 0.29) is 25.0 Å². The van der Waals surface area contributed by atoms with Gasteiger partial charge in [-0.2, -0.15) is 0 Å². The van der Waals surface area contributed by atoms with Gasteiger partial charge in [-0.15, -0.1) is 0 Å². The second kappa shape index (κ2) is 3.73. The van der Waals surface area contributed by atoms with Crippen LogP contribution in [0, 0.1) is 6.10 Å². The summed E-state index contributed by atoms with van der Waals surface area (Å²) in [5.41, 5.74) is 1.34. The van der Waals surface area contributed by atoms with E-state index in [1.54, 1.807) is 19.1 Å². The Labute approximate surface area is 73.3 Å². The Morgan fingerprint density at radius 1 is 1.60 bits per heavy atom. The molecule has 0 radical (unpaired) electrons. The molecule has 0 saturated heterocycles. The molecule has 46 valence electrons. The summed E-state index contributed by atoms with van der Waals surface area (Å²) >= 11 is 0. The summed E-state index contributed by atoms with van der Waals surface area (Å²) in [6.07, 6.45) is 5.39. The van der Waals surface area contributed by atoms with Gasteiger partial charge in [-0.25, -0.2) is 0 Å². The first kappa shape index (κ1) is 9.65. The van der Waals surface area contributed by atoms with Crippen LogP contribution in [0.3, 0.4) is 0 Å². The van der Waals surface area contributed by atoms with E-state index in [2.05, 4.69) is 6.58 Å². The minimum absolute atomic E-state index is 0. The van der Waals surface area contributed by atoms with Crippen molar-refractivity contribution in [3.05, 3.63) is 42.1 Å². The van der Waals surface area contributed by atoms with Crippen LogP contribution in [-0.2, 0) is 0 Å². The minimum atomic E-state index is 0. The summed E-state index contributed by atoms with van der Waals surface area (Å²) in [6, 6.07) is 0. The third-order valence-electron chi connectivity index (χ3n) is 1.29. The summed E-state index contributed by atoms with van der Waals surface area (Å²) in [5, 5.41) is 10.9. The Morgan fingerprint density at radius 3 is 2.60 bits per heavy atom. The molecule has 0 aliphatic heterocycles. The van der Waals surface area contributed by atoms with Crippen molar-refractivity contribution in [3.8, 4) is 0 Å². The van der Waals surface area contributed by atoms with E-state index in [1.165, 1.54) is 0 Å². The van der Waals surface area contributed by atoms with Crippen molar-refractivity contribution in [2.45, 2.75) is 6.92 Å². The van der Waals surface area contributed by atoms with E-state index in [4.69, 9.17) is 0 Å². The predicted molar refractivity (Wildman–Crippen MR) is 35.3 cm³/mol. The average Bonchev–Trinajstić information content (AvgIpc) is 1.83. The van der Waals surface area contributed by atoms with Crippen molar-refractivity contribution in [1.29, 1.82) is 0 Å². The molecule has 1 aliphatic rings. The zero-order chi connectivity index (χ0) is 6.85. The largest absolute Gasteiger partial charge is 1.00 e. The quantitative estimate of drug-likeness (QED) is 0.271. The van der Waals surface area contributed by atoms with Crippen LogP contribution in [0.25, 0.3) is 0 Å². The van der Waals surface area contributed by atoms with E-state index in [9.17, 15) is 5.11 Å². The molecule has 0 amide bonds. The fourth-order valence-electron chi connectivity index (χ4n) is 0.713. The molecule has 0 spiro atoms. The van der Waals surface area contributed by atoms with Crippen molar-refractivity contribution in [2.75, 3.05) is 0 Å². The standard InChI is InChI=1S/C8H8O.Li/c1-6-4-3-5-7(2)8(6)9;/h3-5H,1H2,2H3;/q;+1. The molecule has 10 heavy (non-hydrogen) atoms. The molecule has 0 heterocycles. The Morgan fingerprint density at radius 2 is 2.20 bits per heavy atom. The van der Waals surface area contributed by atoms with Gasteiger partial charge in [0.1, 0.15) is 0 Å². The average molecular weight is 127 g/mol. The van der Waals surface area contributed by atoms with Gasteiger partial charge >= 0.3 is 18.9 Å². The summed E-state index contributed by atoms with van der Waals surface area (Å²) in [7, 11) is 0. The number of hydrogen-bond acceptors (Lipinski definition) is 1. The molecule has 0 aromatic carbocycles. The van der Waals surface area contributed by atoms with Crippen LogP contribution in [0.2, 0.25) is 0 Å². The molecule has 0 unspecified atom stereocenters. The van der Waals surface area contributed by atoms with Crippen LogP contribution in [0.15, 0.2) is 36.0 Å². The fourth-order valence-corrected chi connectivity index (χ4v) is 0.713. The van der Waals surface area contributed by atoms with Gasteiger partial charge in [-0.1, -0.05) is 0 Å². The van der Waals surface area contributed by atoms with Crippen molar-refractivity contribution in [1.82, 2.24) is 0 Å². The maximum Gasteiger partial charge on any atom is 1.00 e. The number of rotatable bonds is 0. The summed E-state index contributed by atoms with van der Waals surface area (Å²) in [6.45, 7) is 5.36. The fraction of sp³-hybridized carbons (Fsp3) is 0.125. The van der Waals surface area contributed by atoms with Crippen molar-refractivity contribution < 1.29 is 24.0 Å². The molecule has 2 heteroatoms. The summed E-state index contributed by atoms with van der Waals surface area (Å²) in [5.74, 6) is 0. The molecule has 0 aromatic heterocycles. The first-order valence-electron chi connectivity index (χ1n) is 2.80. The van der Waals surface area contributed by atoms with Gasteiger partial charge in [0.2, 0.25) is 0 Å². The molecule has 0 bridgehead atoms. The van der Waals surface area contributed by atoms with Crippen LogP contribution >= 0.6 is 0 Å². The van der Waals surface area contributed by atoms with Gasteiger partial charge in [0, 0.05) is 23.8 Å². The monoisotopic (exact) mass is 127 g/mol. The molecule has 0 fully saturated rings. The molecule has 0 atom stereocenters. The Kier molecular flexibility index (Phi) is 3.60. The minimum Gasteiger partial charge on any atom is -0.778 e. The van der Waals surface area contributed by atoms with Crippen LogP contribution < -0.4 is 24.0 Å². The maximum atomic E-state index is 10.9. The predicted octanol–water partition coefficient (Wildman–Crippen LogP) is -2.05. The summed E-state index contributed by atoms with van der Waals surface area (Å²) < 4.78 is 0. The first-order chi connectivity index (χ1) is 4.22. The maximum absolute atomic E-state index is 10.9. The second-order valence-electron chi connectivity index (χ2n) is 2.06. The second-order valence-corrected chi connectivity index (χ2v) is 2.06. The van der Waals surface area contributed by atoms with Crippen LogP contribution in [0.4, 0.5) is 0 Å². The number of allylic oxidation sites excluding steroid dienone is 2. The Balaban J connectivity index is 0.000000810. The van der Waals surface area contributed by atoms with Crippen LogP contribution in [0.1, 0.15) is 6.92 Å². The van der Waals surface area contributed by atoms with Crippen molar-refractivity contribution in [3.63, 3.8) is 0 Å². The zero-order valence-electron chi connectivity index (χ0n) is 6.35.